The van der Waals surface area contributed by atoms with E-state index in [4.69, 9.17) is 4.74 Å². The van der Waals surface area contributed by atoms with E-state index in [9.17, 15) is 14.4 Å². The SMILES string of the molecule is CCOC(=O)c1ccccc1NC(=O)C(=O)NC(C)c1ccccc1. The molecule has 0 aliphatic carbocycles. The van der Waals surface area contributed by atoms with Crippen LogP contribution in [0.2, 0.25) is 0 Å². The highest BCUT2D eigenvalue weighted by Crippen LogP contribution is 2.16. The number of carbonyl (C=O) groups excluding carboxylic acids is 3. The number of hydrogen-bond acceptors (Lipinski definition) is 4. The number of anilines is 1. The predicted molar refractivity (Wildman–Crippen MR) is 94.0 cm³/mol. The van der Waals surface area contributed by atoms with Crippen LogP contribution in [0.4, 0.5) is 5.69 Å². The van der Waals surface area contributed by atoms with Gasteiger partial charge in [0.25, 0.3) is 0 Å². The molecule has 2 amide bonds. The highest BCUT2D eigenvalue weighted by Gasteiger charge is 2.20. The first-order valence-electron chi connectivity index (χ1n) is 7.96. The third kappa shape index (κ3) is 4.91. The maximum absolute atomic E-state index is 12.1. The molecule has 0 aromatic heterocycles. The Kier molecular flexibility index (Phi) is 6.28. The minimum absolute atomic E-state index is 0.196. The van der Waals surface area contributed by atoms with Gasteiger partial charge in [0.15, 0.2) is 0 Å². The number of esters is 1. The van der Waals surface area contributed by atoms with Crippen molar-refractivity contribution in [1.82, 2.24) is 5.32 Å². The van der Waals surface area contributed by atoms with Crippen LogP contribution in [0, 0.1) is 0 Å². The van der Waals surface area contributed by atoms with Gasteiger partial charge in [-0.1, -0.05) is 42.5 Å². The third-order valence-electron chi connectivity index (χ3n) is 3.52. The zero-order chi connectivity index (χ0) is 18.2. The van der Waals surface area contributed by atoms with Crippen molar-refractivity contribution in [3.63, 3.8) is 0 Å². The first kappa shape index (κ1) is 18.2. The van der Waals surface area contributed by atoms with Gasteiger partial charge >= 0.3 is 17.8 Å². The lowest BCUT2D eigenvalue weighted by Gasteiger charge is -2.14. The molecule has 0 aliphatic heterocycles. The molecule has 2 aromatic rings. The number of rotatable bonds is 5. The Morgan fingerprint density at radius 3 is 2.28 bits per heavy atom. The summed E-state index contributed by atoms with van der Waals surface area (Å²) in [5.74, 6) is -2.19. The molecule has 2 aromatic carbocycles. The molecule has 0 heterocycles. The number of amides is 2. The lowest BCUT2D eigenvalue weighted by molar-refractivity contribution is -0.136. The van der Waals surface area contributed by atoms with E-state index in [1.54, 1.807) is 26.0 Å². The van der Waals surface area contributed by atoms with E-state index in [2.05, 4.69) is 10.6 Å². The van der Waals surface area contributed by atoms with Gasteiger partial charge < -0.3 is 15.4 Å². The van der Waals surface area contributed by atoms with E-state index in [1.165, 1.54) is 12.1 Å². The minimum atomic E-state index is -0.848. The Balaban J connectivity index is 2.04. The topological polar surface area (TPSA) is 84.5 Å². The molecule has 2 rings (SSSR count). The van der Waals surface area contributed by atoms with Crippen LogP contribution >= 0.6 is 0 Å². The van der Waals surface area contributed by atoms with E-state index in [-0.39, 0.29) is 23.9 Å². The molecular formula is C19H20N2O4. The van der Waals surface area contributed by atoms with Gasteiger partial charge in [0, 0.05) is 0 Å². The summed E-state index contributed by atoms with van der Waals surface area (Å²) in [4.78, 5) is 36.1. The van der Waals surface area contributed by atoms with Crippen LogP contribution in [-0.2, 0) is 14.3 Å². The standard InChI is InChI=1S/C19H20N2O4/c1-3-25-19(24)15-11-7-8-12-16(15)21-18(23)17(22)20-13(2)14-9-5-4-6-10-14/h4-13H,3H2,1-2H3,(H,20,22)(H,21,23). The van der Waals surface area contributed by atoms with Crippen LogP contribution in [0.1, 0.15) is 35.8 Å². The van der Waals surface area contributed by atoms with Crippen LogP contribution in [0.5, 0.6) is 0 Å². The predicted octanol–water partition coefficient (Wildman–Crippen LogP) is 2.68. The number of benzene rings is 2. The molecule has 130 valence electrons. The molecule has 1 atom stereocenters. The number of para-hydroxylation sites is 1. The van der Waals surface area contributed by atoms with Crippen LogP contribution in [-0.4, -0.2) is 24.4 Å². The summed E-state index contributed by atoms with van der Waals surface area (Å²) in [6.07, 6.45) is 0. The Morgan fingerprint density at radius 2 is 1.60 bits per heavy atom. The average Bonchev–Trinajstić information content (AvgIpc) is 2.63. The van der Waals surface area contributed by atoms with Gasteiger partial charge in [0.05, 0.1) is 23.9 Å². The van der Waals surface area contributed by atoms with Gasteiger partial charge in [0.1, 0.15) is 0 Å². The molecule has 0 saturated heterocycles. The van der Waals surface area contributed by atoms with Crippen molar-refractivity contribution >= 4 is 23.5 Å². The molecule has 6 nitrogen and oxygen atoms in total. The van der Waals surface area contributed by atoms with E-state index < -0.39 is 17.8 Å². The average molecular weight is 340 g/mol. The van der Waals surface area contributed by atoms with Crippen molar-refractivity contribution in [1.29, 1.82) is 0 Å². The second kappa shape index (κ2) is 8.63. The second-order valence-electron chi connectivity index (χ2n) is 5.33. The molecule has 0 radical (unpaired) electrons. The van der Waals surface area contributed by atoms with Crippen molar-refractivity contribution < 1.29 is 19.1 Å². The van der Waals surface area contributed by atoms with Crippen molar-refractivity contribution in [2.45, 2.75) is 19.9 Å². The molecule has 25 heavy (non-hydrogen) atoms. The molecule has 0 fully saturated rings. The fraction of sp³-hybridized carbons (Fsp3) is 0.211. The number of ether oxygens (including phenoxy) is 1. The maximum atomic E-state index is 12.1. The van der Waals surface area contributed by atoms with E-state index >= 15 is 0 Å². The van der Waals surface area contributed by atoms with E-state index in [0.717, 1.165) is 5.56 Å². The van der Waals surface area contributed by atoms with Crippen molar-refractivity contribution in [2.75, 3.05) is 11.9 Å². The van der Waals surface area contributed by atoms with Crippen molar-refractivity contribution in [3.05, 3.63) is 65.7 Å². The molecular weight excluding hydrogens is 320 g/mol. The second-order valence-corrected chi connectivity index (χ2v) is 5.33. The van der Waals surface area contributed by atoms with Gasteiger partial charge in [-0.05, 0) is 31.5 Å². The zero-order valence-electron chi connectivity index (χ0n) is 14.1. The first-order chi connectivity index (χ1) is 12.0. The summed E-state index contributed by atoms with van der Waals surface area (Å²) in [6, 6.07) is 15.4. The Labute approximate surface area is 146 Å². The Bertz CT molecular complexity index is 759. The molecule has 0 aliphatic rings. The Hall–Kier alpha value is -3.15. The monoisotopic (exact) mass is 340 g/mol. The molecule has 1 unspecified atom stereocenters. The molecule has 2 N–H and O–H groups in total. The lowest BCUT2D eigenvalue weighted by atomic mass is 10.1. The van der Waals surface area contributed by atoms with Gasteiger partial charge in [-0.25, -0.2) is 4.79 Å². The quantitative estimate of drug-likeness (QED) is 0.647. The van der Waals surface area contributed by atoms with Crippen LogP contribution in [0.15, 0.2) is 54.6 Å². The molecule has 0 spiro atoms. The fourth-order valence-electron chi connectivity index (χ4n) is 2.25. The van der Waals surface area contributed by atoms with Gasteiger partial charge in [-0.2, -0.15) is 0 Å². The summed E-state index contributed by atoms with van der Waals surface area (Å²) in [7, 11) is 0. The van der Waals surface area contributed by atoms with Crippen molar-refractivity contribution in [3.8, 4) is 0 Å². The summed E-state index contributed by atoms with van der Waals surface area (Å²) in [5.41, 5.74) is 1.31. The fourth-order valence-corrected chi connectivity index (χ4v) is 2.25. The summed E-state index contributed by atoms with van der Waals surface area (Å²) >= 11 is 0. The highest BCUT2D eigenvalue weighted by atomic mass is 16.5. The van der Waals surface area contributed by atoms with Crippen LogP contribution < -0.4 is 10.6 Å². The zero-order valence-corrected chi connectivity index (χ0v) is 14.1. The summed E-state index contributed by atoms with van der Waals surface area (Å²) in [5, 5.41) is 5.08. The van der Waals surface area contributed by atoms with Crippen LogP contribution in [0.3, 0.4) is 0 Å². The largest absolute Gasteiger partial charge is 0.462 e. The van der Waals surface area contributed by atoms with Crippen molar-refractivity contribution in [2.24, 2.45) is 0 Å². The Morgan fingerprint density at radius 1 is 0.960 bits per heavy atom. The smallest absolute Gasteiger partial charge is 0.340 e. The van der Waals surface area contributed by atoms with E-state index in [0.29, 0.717) is 0 Å². The first-order valence-corrected chi connectivity index (χ1v) is 7.96. The van der Waals surface area contributed by atoms with Gasteiger partial charge in [-0.3, -0.25) is 9.59 Å². The highest BCUT2D eigenvalue weighted by molar-refractivity contribution is 6.40. The minimum Gasteiger partial charge on any atom is -0.462 e. The maximum Gasteiger partial charge on any atom is 0.340 e. The normalized spacial score (nSPS) is 11.3. The lowest BCUT2D eigenvalue weighted by Crippen LogP contribution is -2.37. The summed E-state index contributed by atoms with van der Waals surface area (Å²) < 4.78 is 4.94. The number of hydrogen-bond donors (Lipinski definition) is 2. The van der Waals surface area contributed by atoms with Gasteiger partial charge in [-0.15, -0.1) is 0 Å². The third-order valence-corrected chi connectivity index (χ3v) is 3.52. The summed E-state index contributed by atoms with van der Waals surface area (Å²) in [6.45, 7) is 3.70. The molecule has 0 bridgehead atoms. The van der Waals surface area contributed by atoms with E-state index in [1.807, 2.05) is 30.3 Å². The number of carbonyl (C=O) groups is 3. The molecule has 6 heteroatoms. The molecule has 0 saturated carbocycles. The van der Waals surface area contributed by atoms with Crippen LogP contribution in [0.25, 0.3) is 0 Å². The van der Waals surface area contributed by atoms with Gasteiger partial charge in [0.2, 0.25) is 0 Å². The number of nitrogens with one attached hydrogen (secondary N) is 2.